The molecule has 0 unspecified atom stereocenters. The van der Waals surface area contributed by atoms with Gasteiger partial charge in [-0.2, -0.15) is 0 Å². The first-order valence-electron chi connectivity index (χ1n) is 6.52. The molecule has 1 amide bonds. The number of rotatable bonds is 4. The summed E-state index contributed by atoms with van der Waals surface area (Å²) in [5, 5.41) is 9.66. The summed E-state index contributed by atoms with van der Waals surface area (Å²) in [5.74, 6) is 0.103. The monoisotopic (exact) mass is 326 g/mol. The van der Waals surface area contributed by atoms with Crippen LogP contribution in [0.5, 0.6) is 0 Å². The van der Waals surface area contributed by atoms with Crippen molar-refractivity contribution >= 4 is 21.8 Å². The molecule has 1 fully saturated rings. The van der Waals surface area contributed by atoms with E-state index in [4.69, 9.17) is 5.11 Å². The predicted molar refractivity (Wildman–Crippen MR) is 78.5 cm³/mol. The molecule has 1 saturated heterocycles. The molecular formula is C14H19BrN2O2. The first-order valence-corrected chi connectivity index (χ1v) is 7.64. The quantitative estimate of drug-likeness (QED) is 0.849. The molecular weight excluding hydrogens is 308 g/mol. The molecule has 0 aromatic heterocycles. The van der Waals surface area contributed by atoms with E-state index in [-0.39, 0.29) is 12.5 Å². The number of aliphatic hydroxyl groups is 1. The van der Waals surface area contributed by atoms with Crippen molar-refractivity contribution in [1.82, 2.24) is 9.80 Å². The number of piperazine rings is 1. The van der Waals surface area contributed by atoms with Gasteiger partial charge in [-0.05, 0) is 17.7 Å². The van der Waals surface area contributed by atoms with Gasteiger partial charge in [0, 0.05) is 43.6 Å². The Morgan fingerprint density at radius 2 is 2.00 bits per heavy atom. The van der Waals surface area contributed by atoms with E-state index < -0.39 is 0 Å². The number of carbonyl (C=O) groups is 1. The lowest BCUT2D eigenvalue weighted by molar-refractivity contribution is 0.0615. The molecule has 1 aromatic carbocycles. The third-order valence-corrected chi connectivity index (χ3v) is 4.05. The normalized spacial score (nSPS) is 16.6. The number of halogens is 1. The molecule has 0 radical (unpaired) electrons. The lowest BCUT2D eigenvalue weighted by Gasteiger charge is -2.34. The Morgan fingerprint density at radius 3 is 2.63 bits per heavy atom. The van der Waals surface area contributed by atoms with Crippen LogP contribution in [0, 0.1) is 0 Å². The van der Waals surface area contributed by atoms with Crippen LogP contribution in [0.3, 0.4) is 0 Å². The van der Waals surface area contributed by atoms with Gasteiger partial charge in [-0.1, -0.05) is 28.1 Å². The molecule has 1 aliphatic heterocycles. The number of carbonyl (C=O) groups excluding carboxylic acids is 1. The van der Waals surface area contributed by atoms with Crippen molar-refractivity contribution in [2.75, 3.05) is 39.3 Å². The van der Waals surface area contributed by atoms with Gasteiger partial charge in [0.25, 0.3) is 5.91 Å². The van der Waals surface area contributed by atoms with Crippen LogP contribution in [0.2, 0.25) is 0 Å². The molecule has 0 atom stereocenters. The number of hydrogen-bond donors (Lipinski definition) is 1. The largest absolute Gasteiger partial charge is 0.395 e. The minimum Gasteiger partial charge on any atom is -0.395 e. The summed E-state index contributed by atoms with van der Waals surface area (Å²) in [6.45, 7) is 4.02. The number of amides is 1. The van der Waals surface area contributed by atoms with Crippen LogP contribution >= 0.6 is 15.9 Å². The van der Waals surface area contributed by atoms with E-state index in [1.165, 1.54) is 0 Å². The average molecular weight is 327 g/mol. The predicted octanol–water partition coefficient (Wildman–Crippen LogP) is 1.33. The fourth-order valence-electron chi connectivity index (χ4n) is 2.29. The Labute approximate surface area is 122 Å². The Balaban J connectivity index is 1.97. The number of alkyl halides is 1. The van der Waals surface area contributed by atoms with Gasteiger partial charge in [0.15, 0.2) is 0 Å². The summed E-state index contributed by atoms with van der Waals surface area (Å²) in [4.78, 5) is 16.4. The molecule has 5 heteroatoms. The second-order valence-corrected chi connectivity index (χ2v) is 5.25. The van der Waals surface area contributed by atoms with Crippen LogP contribution in [-0.4, -0.2) is 60.1 Å². The molecule has 1 aromatic rings. The second kappa shape index (κ2) is 7.03. The van der Waals surface area contributed by atoms with Crippen LogP contribution in [0.1, 0.15) is 15.9 Å². The molecule has 2 rings (SSSR count). The van der Waals surface area contributed by atoms with Crippen molar-refractivity contribution in [1.29, 1.82) is 0 Å². The molecule has 4 nitrogen and oxygen atoms in total. The van der Waals surface area contributed by atoms with Crippen LogP contribution < -0.4 is 0 Å². The Hall–Kier alpha value is -0.910. The molecule has 0 saturated carbocycles. The second-order valence-electron chi connectivity index (χ2n) is 4.69. The number of β-amino-alcohol motifs (C(OH)–C–C–N with tert-alkyl or cyclic N) is 1. The van der Waals surface area contributed by atoms with E-state index in [2.05, 4.69) is 20.8 Å². The Morgan fingerprint density at radius 1 is 1.26 bits per heavy atom. The van der Waals surface area contributed by atoms with Gasteiger partial charge in [-0.3, -0.25) is 9.69 Å². The smallest absolute Gasteiger partial charge is 0.253 e. The molecule has 1 N–H and O–H groups in total. The van der Waals surface area contributed by atoms with Crippen LogP contribution in [0.15, 0.2) is 24.3 Å². The van der Waals surface area contributed by atoms with Crippen molar-refractivity contribution in [3.63, 3.8) is 0 Å². The van der Waals surface area contributed by atoms with Gasteiger partial charge in [0.1, 0.15) is 0 Å². The third-order valence-electron chi connectivity index (χ3n) is 3.40. The van der Waals surface area contributed by atoms with Crippen LogP contribution in [0.4, 0.5) is 0 Å². The third kappa shape index (κ3) is 3.78. The fraction of sp³-hybridized carbons (Fsp3) is 0.500. The first-order chi connectivity index (χ1) is 9.24. The van der Waals surface area contributed by atoms with Crippen molar-refractivity contribution in [3.8, 4) is 0 Å². The Bertz CT molecular complexity index is 431. The molecule has 0 spiro atoms. The van der Waals surface area contributed by atoms with E-state index in [1.54, 1.807) is 0 Å². The molecule has 0 bridgehead atoms. The molecule has 1 aliphatic rings. The summed E-state index contributed by atoms with van der Waals surface area (Å²) < 4.78 is 0. The summed E-state index contributed by atoms with van der Waals surface area (Å²) in [7, 11) is 0. The van der Waals surface area contributed by atoms with E-state index in [9.17, 15) is 4.79 Å². The zero-order chi connectivity index (χ0) is 13.7. The highest BCUT2D eigenvalue weighted by atomic mass is 79.9. The van der Waals surface area contributed by atoms with E-state index >= 15 is 0 Å². The van der Waals surface area contributed by atoms with Gasteiger partial charge in [-0.25, -0.2) is 0 Å². The zero-order valence-electron chi connectivity index (χ0n) is 10.9. The van der Waals surface area contributed by atoms with Crippen molar-refractivity contribution in [2.45, 2.75) is 5.33 Å². The van der Waals surface area contributed by atoms with Gasteiger partial charge >= 0.3 is 0 Å². The van der Waals surface area contributed by atoms with Gasteiger partial charge in [0.2, 0.25) is 0 Å². The molecule has 0 aliphatic carbocycles. The number of benzene rings is 1. The number of hydrogen-bond acceptors (Lipinski definition) is 3. The van der Waals surface area contributed by atoms with E-state index in [0.717, 1.165) is 42.6 Å². The highest BCUT2D eigenvalue weighted by Crippen LogP contribution is 2.12. The SMILES string of the molecule is O=C(c1cccc(CBr)c1)N1CCN(CCO)CC1. The maximum absolute atomic E-state index is 12.4. The van der Waals surface area contributed by atoms with Gasteiger partial charge < -0.3 is 10.0 Å². The first kappa shape index (κ1) is 14.5. The fourth-order valence-corrected chi connectivity index (χ4v) is 2.63. The maximum Gasteiger partial charge on any atom is 0.253 e. The summed E-state index contributed by atoms with van der Waals surface area (Å²) >= 11 is 3.41. The summed E-state index contributed by atoms with van der Waals surface area (Å²) in [6, 6.07) is 7.74. The topological polar surface area (TPSA) is 43.8 Å². The zero-order valence-corrected chi connectivity index (χ0v) is 12.5. The van der Waals surface area contributed by atoms with Gasteiger partial charge in [-0.15, -0.1) is 0 Å². The van der Waals surface area contributed by atoms with Crippen molar-refractivity contribution < 1.29 is 9.90 Å². The van der Waals surface area contributed by atoms with Crippen LogP contribution in [0.25, 0.3) is 0 Å². The minimum atomic E-state index is 0.103. The lowest BCUT2D eigenvalue weighted by atomic mass is 10.1. The summed E-state index contributed by atoms with van der Waals surface area (Å²) in [5.41, 5.74) is 1.87. The standard InChI is InChI=1S/C14H19BrN2O2/c15-11-12-2-1-3-13(10-12)14(19)17-6-4-16(5-7-17)8-9-18/h1-3,10,18H,4-9,11H2. The Kier molecular flexibility index (Phi) is 5.36. The van der Waals surface area contributed by atoms with Crippen LogP contribution in [-0.2, 0) is 5.33 Å². The highest BCUT2D eigenvalue weighted by molar-refractivity contribution is 9.08. The minimum absolute atomic E-state index is 0.103. The highest BCUT2D eigenvalue weighted by Gasteiger charge is 2.21. The molecule has 104 valence electrons. The van der Waals surface area contributed by atoms with Gasteiger partial charge in [0.05, 0.1) is 6.61 Å². The average Bonchev–Trinajstić information content (AvgIpc) is 2.48. The van der Waals surface area contributed by atoms with E-state index in [0.29, 0.717) is 6.54 Å². The molecule has 1 heterocycles. The maximum atomic E-state index is 12.4. The number of nitrogens with zero attached hydrogens (tertiary/aromatic N) is 2. The lowest BCUT2D eigenvalue weighted by Crippen LogP contribution is -2.49. The van der Waals surface area contributed by atoms with Crippen molar-refractivity contribution in [3.05, 3.63) is 35.4 Å². The number of aliphatic hydroxyl groups excluding tert-OH is 1. The molecule has 19 heavy (non-hydrogen) atoms. The summed E-state index contributed by atoms with van der Waals surface area (Å²) in [6.07, 6.45) is 0. The van der Waals surface area contributed by atoms with E-state index in [1.807, 2.05) is 29.2 Å². The van der Waals surface area contributed by atoms with Crippen molar-refractivity contribution in [2.24, 2.45) is 0 Å².